The van der Waals surface area contributed by atoms with E-state index in [2.05, 4.69) is 26.2 Å². The number of piperazine rings is 1. The number of halogens is 2. The predicted octanol–water partition coefficient (Wildman–Crippen LogP) is 2.36. The van der Waals surface area contributed by atoms with Crippen molar-refractivity contribution >= 4 is 30.5 Å². The molecule has 1 unspecified atom stereocenters. The van der Waals surface area contributed by atoms with Crippen molar-refractivity contribution in [2.45, 2.75) is 37.3 Å². The second-order valence-corrected chi connectivity index (χ2v) is 7.51. The molecule has 1 N–H and O–H groups in total. The highest BCUT2D eigenvalue weighted by Gasteiger charge is 2.40. The average molecular weight is 419 g/mol. The van der Waals surface area contributed by atoms with Crippen molar-refractivity contribution in [3.05, 3.63) is 18.3 Å². The van der Waals surface area contributed by atoms with Crippen molar-refractivity contribution in [2.75, 3.05) is 57.9 Å². The molecule has 0 saturated carbocycles. The molecule has 6 nitrogen and oxygen atoms in total. The summed E-state index contributed by atoms with van der Waals surface area (Å²) in [6, 6.07) is 4.74. The van der Waals surface area contributed by atoms with Crippen LogP contribution >= 0.6 is 24.8 Å². The molecule has 27 heavy (non-hydrogen) atoms. The minimum Gasteiger partial charge on any atom is -0.481 e. The molecule has 1 spiro atoms. The van der Waals surface area contributed by atoms with Gasteiger partial charge in [0.2, 0.25) is 5.88 Å². The van der Waals surface area contributed by atoms with Gasteiger partial charge in [-0.1, -0.05) is 0 Å². The number of piperidine rings is 1. The van der Waals surface area contributed by atoms with Gasteiger partial charge in [-0.05, 0) is 44.8 Å². The Kier molecular flexibility index (Phi) is 8.43. The van der Waals surface area contributed by atoms with Gasteiger partial charge in [0.05, 0.1) is 24.6 Å². The topological polar surface area (TPSA) is 49.9 Å². The van der Waals surface area contributed by atoms with Crippen LogP contribution in [0.1, 0.15) is 25.7 Å². The molecule has 154 valence electrons. The van der Waals surface area contributed by atoms with Gasteiger partial charge in [0, 0.05) is 44.9 Å². The van der Waals surface area contributed by atoms with Crippen LogP contribution in [0, 0.1) is 0 Å². The SMILES string of the molecule is COc1ccc(N2CCN(C3CCOC4(CCNCC4)C3)CC2)cn1.Cl.Cl. The van der Waals surface area contributed by atoms with Crippen LogP contribution in [0.3, 0.4) is 0 Å². The average Bonchev–Trinajstić information content (AvgIpc) is 2.69. The Hall–Kier alpha value is -0.790. The lowest BCUT2D eigenvalue weighted by Crippen LogP contribution is -2.56. The first-order chi connectivity index (χ1) is 12.3. The van der Waals surface area contributed by atoms with Gasteiger partial charge in [-0.3, -0.25) is 4.90 Å². The number of rotatable bonds is 3. The predicted molar refractivity (Wildman–Crippen MR) is 113 cm³/mol. The molecular formula is C19H32Cl2N4O2. The number of pyridine rings is 1. The van der Waals surface area contributed by atoms with E-state index in [-0.39, 0.29) is 30.4 Å². The molecule has 8 heteroatoms. The summed E-state index contributed by atoms with van der Waals surface area (Å²) < 4.78 is 11.4. The molecular weight excluding hydrogens is 387 g/mol. The van der Waals surface area contributed by atoms with Crippen molar-refractivity contribution in [3.63, 3.8) is 0 Å². The first kappa shape index (κ1) is 22.5. The van der Waals surface area contributed by atoms with E-state index in [1.807, 2.05) is 12.3 Å². The highest BCUT2D eigenvalue weighted by molar-refractivity contribution is 5.85. The zero-order valence-electron chi connectivity index (χ0n) is 16.1. The van der Waals surface area contributed by atoms with Crippen molar-refractivity contribution < 1.29 is 9.47 Å². The quantitative estimate of drug-likeness (QED) is 0.812. The molecule has 1 aromatic rings. The second-order valence-electron chi connectivity index (χ2n) is 7.51. The molecule has 0 bridgehead atoms. The van der Waals surface area contributed by atoms with Crippen LogP contribution in [0.15, 0.2) is 18.3 Å². The van der Waals surface area contributed by atoms with Gasteiger partial charge in [-0.2, -0.15) is 0 Å². The van der Waals surface area contributed by atoms with Gasteiger partial charge >= 0.3 is 0 Å². The Balaban J connectivity index is 0.00000131. The highest BCUT2D eigenvalue weighted by atomic mass is 35.5. The smallest absolute Gasteiger partial charge is 0.213 e. The van der Waals surface area contributed by atoms with Crippen molar-refractivity contribution in [1.82, 2.24) is 15.2 Å². The zero-order valence-corrected chi connectivity index (χ0v) is 17.7. The molecule has 0 aliphatic carbocycles. The molecule has 0 aromatic carbocycles. The molecule has 3 fully saturated rings. The van der Waals surface area contributed by atoms with Crippen LogP contribution in [0.25, 0.3) is 0 Å². The Morgan fingerprint density at radius 2 is 1.89 bits per heavy atom. The van der Waals surface area contributed by atoms with E-state index in [1.54, 1.807) is 7.11 Å². The second kappa shape index (κ2) is 10.1. The summed E-state index contributed by atoms with van der Waals surface area (Å²) >= 11 is 0. The van der Waals surface area contributed by atoms with Gasteiger partial charge in [0.25, 0.3) is 0 Å². The van der Waals surface area contributed by atoms with E-state index in [0.29, 0.717) is 11.9 Å². The van der Waals surface area contributed by atoms with E-state index in [4.69, 9.17) is 9.47 Å². The summed E-state index contributed by atoms with van der Waals surface area (Å²) in [6.07, 6.45) is 6.65. The number of methoxy groups -OCH3 is 1. The lowest BCUT2D eigenvalue weighted by Gasteiger charge is -2.48. The van der Waals surface area contributed by atoms with Crippen molar-refractivity contribution in [2.24, 2.45) is 0 Å². The maximum atomic E-state index is 6.24. The number of aromatic nitrogens is 1. The van der Waals surface area contributed by atoms with Crippen LogP contribution in [-0.2, 0) is 4.74 Å². The molecule has 1 aromatic heterocycles. The lowest BCUT2D eigenvalue weighted by atomic mass is 9.82. The van der Waals surface area contributed by atoms with E-state index in [0.717, 1.165) is 45.9 Å². The first-order valence-electron chi connectivity index (χ1n) is 9.62. The monoisotopic (exact) mass is 418 g/mol. The normalized spacial score (nSPS) is 25.4. The summed E-state index contributed by atoms with van der Waals surface area (Å²) in [7, 11) is 1.66. The van der Waals surface area contributed by atoms with Gasteiger partial charge in [0.15, 0.2) is 0 Å². The van der Waals surface area contributed by atoms with E-state index in [9.17, 15) is 0 Å². The Morgan fingerprint density at radius 3 is 2.52 bits per heavy atom. The van der Waals surface area contributed by atoms with Crippen LogP contribution in [0.2, 0.25) is 0 Å². The fraction of sp³-hybridized carbons (Fsp3) is 0.737. The molecule has 3 aliphatic heterocycles. The third-order valence-electron chi connectivity index (χ3n) is 6.11. The maximum Gasteiger partial charge on any atom is 0.213 e. The van der Waals surface area contributed by atoms with Crippen LogP contribution in [0.4, 0.5) is 5.69 Å². The molecule has 1 atom stereocenters. The standard InChI is InChI=1S/C19H30N4O2.2ClH/c1-24-18-3-2-17(15-21-18)23-11-9-22(10-12-23)16-4-13-25-19(14-16)5-7-20-8-6-19;;/h2-3,15-16,20H,4-14H2,1H3;2*1H. The number of anilines is 1. The summed E-state index contributed by atoms with van der Waals surface area (Å²) in [5.74, 6) is 0.678. The number of nitrogens with zero attached hydrogens (tertiary/aromatic N) is 3. The van der Waals surface area contributed by atoms with Crippen LogP contribution in [-0.4, -0.2) is 74.5 Å². The number of hydrogen-bond donors (Lipinski definition) is 1. The summed E-state index contributed by atoms with van der Waals surface area (Å²) in [5.41, 5.74) is 1.34. The summed E-state index contributed by atoms with van der Waals surface area (Å²) in [4.78, 5) is 9.47. The molecule has 4 rings (SSSR count). The highest BCUT2D eigenvalue weighted by Crippen LogP contribution is 2.35. The lowest BCUT2D eigenvalue weighted by molar-refractivity contribution is -0.121. The van der Waals surface area contributed by atoms with Gasteiger partial charge in [-0.15, -0.1) is 24.8 Å². The molecule has 0 radical (unpaired) electrons. The molecule has 0 amide bonds. The molecule has 3 aliphatic rings. The molecule has 4 heterocycles. The van der Waals surface area contributed by atoms with Gasteiger partial charge < -0.3 is 19.7 Å². The molecule has 3 saturated heterocycles. The largest absolute Gasteiger partial charge is 0.481 e. The Labute approximate surface area is 174 Å². The third kappa shape index (κ3) is 5.18. The van der Waals surface area contributed by atoms with E-state index < -0.39 is 0 Å². The Morgan fingerprint density at radius 1 is 1.15 bits per heavy atom. The van der Waals surface area contributed by atoms with E-state index in [1.165, 1.54) is 31.4 Å². The van der Waals surface area contributed by atoms with Crippen LogP contribution < -0.4 is 15.0 Å². The maximum absolute atomic E-state index is 6.24. The number of nitrogens with one attached hydrogen (secondary N) is 1. The zero-order chi connectivity index (χ0) is 17.1. The minimum atomic E-state index is 0. The van der Waals surface area contributed by atoms with Gasteiger partial charge in [0.1, 0.15) is 0 Å². The fourth-order valence-corrected chi connectivity index (χ4v) is 4.57. The first-order valence-corrected chi connectivity index (χ1v) is 9.62. The summed E-state index contributed by atoms with van der Waals surface area (Å²) in [6.45, 7) is 7.53. The summed E-state index contributed by atoms with van der Waals surface area (Å²) in [5, 5.41) is 3.47. The van der Waals surface area contributed by atoms with E-state index >= 15 is 0 Å². The van der Waals surface area contributed by atoms with Gasteiger partial charge in [-0.25, -0.2) is 4.98 Å². The third-order valence-corrected chi connectivity index (χ3v) is 6.11. The minimum absolute atomic E-state index is 0. The number of ether oxygens (including phenoxy) is 2. The van der Waals surface area contributed by atoms with Crippen molar-refractivity contribution in [3.8, 4) is 5.88 Å². The number of hydrogen-bond acceptors (Lipinski definition) is 6. The fourth-order valence-electron chi connectivity index (χ4n) is 4.57. The Bertz CT molecular complexity index is 556. The van der Waals surface area contributed by atoms with Crippen molar-refractivity contribution in [1.29, 1.82) is 0 Å². The van der Waals surface area contributed by atoms with Crippen LogP contribution in [0.5, 0.6) is 5.88 Å².